The number of rotatable bonds is 3. The van der Waals surface area contributed by atoms with Gasteiger partial charge in [0.1, 0.15) is 11.6 Å². The average Bonchev–Trinajstić information content (AvgIpc) is 3.15. The van der Waals surface area contributed by atoms with Crippen LogP contribution in [0.1, 0.15) is 22.4 Å². The maximum atomic E-state index is 13.4. The van der Waals surface area contributed by atoms with Gasteiger partial charge in [-0.15, -0.1) is 0 Å². The van der Waals surface area contributed by atoms with E-state index in [4.69, 9.17) is 0 Å². The van der Waals surface area contributed by atoms with E-state index < -0.39 is 11.7 Å². The van der Waals surface area contributed by atoms with Gasteiger partial charge in [0.15, 0.2) is 0 Å². The van der Waals surface area contributed by atoms with Gasteiger partial charge in [-0.1, -0.05) is 12.1 Å². The van der Waals surface area contributed by atoms with Crippen LogP contribution in [0.15, 0.2) is 53.5 Å². The summed E-state index contributed by atoms with van der Waals surface area (Å²) in [6.07, 6.45) is -2.03. The molecule has 164 valence electrons. The summed E-state index contributed by atoms with van der Waals surface area (Å²) in [4.78, 5) is 25.1. The Labute approximate surface area is 179 Å². The van der Waals surface area contributed by atoms with Gasteiger partial charge in [-0.05, 0) is 35.9 Å². The minimum atomic E-state index is -4.42. The molecule has 0 amide bonds. The number of fused-ring (bicyclic) bond motifs is 2. The van der Waals surface area contributed by atoms with E-state index in [2.05, 4.69) is 19.9 Å². The fraction of sp³-hybridized carbons (Fsp3) is 0.217. The van der Waals surface area contributed by atoms with E-state index in [1.807, 2.05) is 6.20 Å². The Morgan fingerprint density at radius 1 is 1.09 bits per heavy atom. The lowest BCUT2D eigenvalue weighted by molar-refractivity contribution is -0.137. The number of halogens is 4. The smallest absolute Gasteiger partial charge is 0.361 e. The standard InChI is InChI=1S/C23H18F4N4O/c24-16-5-6-17-14(10-28-20(17)9-16)11-31-8-7-19-18(12-31)22(32)30-21(29-19)13-1-3-15(4-2-13)23(25,26)27/h1-6,9-10,28H,7-8,11-12H2,(H,29,30,32). The summed E-state index contributed by atoms with van der Waals surface area (Å²) in [6, 6.07) is 9.17. The number of hydrogen-bond donors (Lipinski definition) is 2. The van der Waals surface area contributed by atoms with Crippen molar-refractivity contribution in [1.29, 1.82) is 0 Å². The van der Waals surface area contributed by atoms with Crippen molar-refractivity contribution in [2.45, 2.75) is 25.7 Å². The predicted octanol–water partition coefficient (Wildman–Crippen LogP) is 4.63. The van der Waals surface area contributed by atoms with Crippen LogP contribution in [0.2, 0.25) is 0 Å². The Morgan fingerprint density at radius 3 is 2.62 bits per heavy atom. The van der Waals surface area contributed by atoms with E-state index in [9.17, 15) is 22.4 Å². The van der Waals surface area contributed by atoms with E-state index in [0.29, 0.717) is 42.9 Å². The van der Waals surface area contributed by atoms with Crippen molar-refractivity contribution >= 4 is 10.9 Å². The lowest BCUT2D eigenvalue weighted by Crippen LogP contribution is -2.35. The molecule has 0 fully saturated rings. The van der Waals surface area contributed by atoms with Gasteiger partial charge in [0.2, 0.25) is 0 Å². The quantitative estimate of drug-likeness (QED) is 0.455. The Hall–Kier alpha value is -3.46. The molecule has 0 radical (unpaired) electrons. The highest BCUT2D eigenvalue weighted by Gasteiger charge is 2.30. The zero-order valence-electron chi connectivity index (χ0n) is 16.8. The Bertz CT molecular complexity index is 1360. The van der Waals surface area contributed by atoms with Gasteiger partial charge in [0, 0.05) is 48.7 Å². The van der Waals surface area contributed by atoms with Crippen molar-refractivity contribution in [1.82, 2.24) is 19.9 Å². The number of benzene rings is 2. The Morgan fingerprint density at radius 2 is 1.88 bits per heavy atom. The number of aromatic amines is 2. The van der Waals surface area contributed by atoms with Crippen LogP contribution in [0.3, 0.4) is 0 Å². The molecule has 4 aromatic rings. The monoisotopic (exact) mass is 442 g/mol. The number of nitrogens with one attached hydrogen (secondary N) is 2. The third kappa shape index (κ3) is 3.80. The number of alkyl halides is 3. The van der Waals surface area contributed by atoms with Gasteiger partial charge in [-0.25, -0.2) is 9.37 Å². The van der Waals surface area contributed by atoms with Gasteiger partial charge < -0.3 is 9.97 Å². The van der Waals surface area contributed by atoms with Crippen molar-refractivity contribution in [3.8, 4) is 11.4 Å². The summed E-state index contributed by atoms with van der Waals surface area (Å²) in [5.41, 5.74) is 2.31. The highest BCUT2D eigenvalue weighted by molar-refractivity contribution is 5.83. The topological polar surface area (TPSA) is 64.8 Å². The van der Waals surface area contributed by atoms with Gasteiger partial charge in [-0.2, -0.15) is 13.2 Å². The number of aromatic nitrogens is 3. The first-order valence-electron chi connectivity index (χ1n) is 10.1. The molecule has 0 spiro atoms. The van der Waals surface area contributed by atoms with E-state index in [-0.39, 0.29) is 17.2 Å². The SMILES string of the molecule is O=c1[nH]c(-c2ccc(C(F)(F)F)cc2)nc2c1CN(Cc1c[nH]c3cc(F)ccc13)CC2. The molecular formula is C23H18F4N4O. The Balaban J connectivity index is 1.38. The fourth-order valence-corrected chi connectivity index (χ4v) is 4.10. The first kappa shape index (κ1) is 20.4. The van der Waals surface area contributed by atoms with Gasteiger partial charge >= 0.3 is 6.18 Å². The molecule has 0 saturated carbocycles. The fourth-order valence-electron chi connectivity index (χ4n) is 4.10. The van der Waals surface area contributed by atoms with Crippen LogP contribution in [-0.2, 0) is 25.7 Å². The number of nitrogens with zero attached hydrogens (tertiary/aromatic N) is 2. The summed E-state index contributed by atoms with van der Waals surface area (Å²) >= 11 is 0. The molecule has 3 heterocycles. The molecule has 0 bridgehead atoms. The largest absolute Gasteiger partial charge is 0.416 e. The van der Waals surface area contributed by atoms with Gasteiger partial charge in [-0.3, -0.25) is 9.69 Å². The van der Waals surface area contributed by atoms with E-state index >= 15 is 0 Å². The minimum absolute atomic E-state index is 0.259. The molecule has 0 saturated heterocycles. The molecule has 32 heavy (non-hydrogen) atoms. The molecule has 1 aliphatic heterocycles. The van der Waals surface area contributed by atoms with Crippen LogP contribution >= 0.6 is 0 Å². The van der Waals surface area contributed by atoms with E-state index in [0.717, 1.165) is 28.6 Å². The van der Waals surface area contributed by atoms with Crippen LogP contribution in [0.25, 0.3) is 22.3 Å². The first-order chi connectivity index (χ1) is 15.3. The zero-order valence-corrected chi connectivity index (χ0v) is 16.8. The molecule has 0 atom stereocenters. The molecular weight excluding hydrogens is 424 g/mol. The first-order valence-corrected chi connectivity index (χ1v) is 10.1. The molecule has 2 aromatic carbocycles. The summed E-state index contributed by atoms with van der Waals surface area (Å²) in [6.45, 7) is 1.66. The highest BCUT2D eigenvalue weighted by Crippen LogP contribution is 2.30. The maximum absolute atomic E-state index is 13.4. The molecule has 1 aliphatic rings. The molecule has 9 heteroatoms. The van der Waals surface area contributed by atoms with Crippen LogP contribution in [0, 0.1) is 5.82 Å². The second-order valence-corrected chi connectivity index (χ2v) is 7.88. The molecule has 0 aliphatic carbocycles. The summed E-state index contributed by atoms with van der Waals surface area (Å²) < 4.78 is 51.8. The van der Waals surface area contributed by atoms with Crippen molar-refractivity contribution in [2.24, 2.45) is 0 Å². The molecule has 5 rings (SSSR count). The lowest BCUT2D eigenvalue weighted by atomic mass is 10.0. The molecule has 2 aromatic heterocycles. The maximum Gasteiger partial charge on any atom is 0.416 e. The molecule has 0 unspecified atom stereocenters. The summed E-state index contributed by atoms with van der Waals surface area (Å²) in [5, 5.41) is 0.932. The normalized spacial score (nSPS) is 14.6. The van der Waals surface area contributed by atoms with E-state index in [1.165, 1.54) is 24.3 Å². The van der Waals surface area contributed by atoms with Crippen molar-refractivity contribution in [2.75, 3.05) is 6.54 Å². The third-order valence-corrected chi connectivity index (χ3v) is 5.76. The minimum Gasteiger partial charge on any atom is -0.361 e. The molecule has 5 nitrogen and oxygen atoms in total. The van der Waals surface area contributed by atoms with Crippen LogP contribution in [0.4, 0.5) is 17.6 Å². The predicted molar refractivity (Wildman–Crippen MR) is 111 cm³/mol. The van der Waals surface area contributed by atoms with Crippen LogP contribution in [0.5, 0.6) is 0 Å². The second-order valence-electron chi connectivity index (χ2n) is 7.88. The summed E-state index contributed by atoms with van der Waals surface area (Å²) in [7, 11) is 0. The van der Waals surface area contributed by atoms with Crippen molar-refractivity contribution < 1.29 is 17.6 Å². The lowest BCUT2D eigenvalue weighted by Gasteiger charge is -2.27. The number of hydrogen-bond acceptors (Lipinski definition) is 3. The second kappa shape index (κ2) is 7.59. The average molecular weight is 442 g/mol. The van der Waals surface area contributed by atoms with Crippen LogP contribution < -0.4 is 5.56 Å². The highest BCUT2D eigenvalue weighted by atomic mass is 19.4. The van der Waals surface area contributed by atoms with E-state index in [1.54, 1.807) is 6.07 Å². The van der Waals surface area contributed by atoms with Crippen molar-refractivity contribution in [3.05, 3.63) is 87.2 Å². The van der Waals surface area contributed by atoms with Crippen molar-refractivity contribution in [3.63, 3.8) is 0 Å². The summed E-state index contributed by atoms with van der Waals surface area (Å²) in [5.74, 6) is -0.0474. The number of H-pyrrole nitrogens is 2. The zero-order chi connectivity index (χ0) is 22.5. The van der Waals surface area contributed by atoms with Gasteiger partial charge in [0.05, 0.1) is 16.8 Å². The van der Waals surface area contributed by atoms with Gasteiger partial charge in [0.25, 0.3) is 5.56 Å². The molecule has 2 N–H and O–H groups in total. The van der Waals surface area contributed by atoms with Crippen LogP contribution in [-0.4, -0.2) is 26.4 Å². The Kier molecular flexibility index (Phi) is 4.85. The third-order valence-electron chi connectivity index (χ3n) is 5.76.